The molecular formula is C13H21BrMgN+. The molecule has 1 aromatic rings. The first-order valence-corrected chi connectivity index (χ1v) is 5.41. The molecule has 16 heavy (non-hydrogen) atoms. The minimum absolute atomic E-state index is 0. The first-order chi connectivity index (χ1) is 6.61. The Balaban J connectivity index is 0. The number of benzene rings is 1. The van der Waals surface area contributed by atoms with Crippen molar-refractivity contribution >= 4 is 23.1 Å². The minimum Gasteiger partial charge on any atom is -1.00 e. The molecular weight excluding hydrogens is 274 g/mol. The SMILES string of the molecule is CC(C)N(Cc1ccccc1)C(C)C.[Br-].[Mg+2]. The van der Waals surface area contributed by atoms with Crippen LogP contribution in [0.5, 0.6) is 0 Å². The first-order valence-electron chi connectivity index (χ1n) is 5.41. The molecule has 0 aliphatic rings. The molecule has 0 aliphatic heterocycles. The van der Waals surface area contributed by atoms with Gasteiger partial charge in [-0.2, -0.15) is 0 Å². The van der Waals surface area contributed by atoms with E-state index >= 15 is 0 Å². The molecule has 0 amide bonds. The molecule has 0 aliphatic carbocycles. The van der Waals surface area contributed by atoms with Crippen LogP contribution < -0.4 is 17.0 Å². The summed E-state index contributed by atoms with van der Waals surface area (Å²) in [4.78, 5) is 2.50. The Morgan fingerprint density at radius 3 is 1.75 bits per heavy atom. The van der Waals surface area contributed by atoms with Crippen molar-refractivity contribution < 1.29 is 17.0 Å². The third-order valence-electron chi connectivity index (χ3n) is 2.53. The van der Waals surface area contributed by atoms with Gasteiger partial charge in [-0.15, -0.1) is 0 Å². The summed E-state index contributed by atoms with van der Waals surface area (Å²) in [6, 6.07) is 11.9. The fraction of sp³-hybridized carbons (Fsp3) is 0.538. The average Bonchev–Trinajstić information content (AvgIpc) is 2.15. The van der Waals surface area contributed by atoms with Crippen LogP contribution in [0.3, 0.4) is 0 Å². The second-order valence-electron chi connectivity index (χ2n) is 4.35. The molecule has 0 radical (unpaired) electrons. The first kappa shape index (κ1) is 18.8. The van der Waals surface area contributed by atoms with Crippen LogP contribution in [0.2, 0.25) is 0 Å². The van der Waals surface area contributed by atoms with Crippen molar-refractivity contribution in [2.24, 2.45) is 0 Å². The minimum atomic E-state index is 0. The van der Waals surface area contributed by atoms with Crippen molar-refractivity contribution in [2.45, 2.75) is 46.3 Å². The molecule has 1 aromatic carbocycles. The molecule has 86 valence electrons. The Labute approximate surface area is 127 Å². The molecule has 0 unspecified atom stereocenters. The van der Waals surface area contributed by atoms with E-state index < -0.39 is 0 Å². The molecule has 0 saturated heterocycles. The van der Waals surface area contributed by atoms with E-state index in [0.29, 0.717) is 12.1 Å². The van der Waals surface area contributed by atoms with E-state index in [1.165, 1.54) is 5.56 Å². The Hall–Kier alpha value is 0.426. The third-order valence-corrected chi connectivity index (χ3v) is 2.53. The van der Waals surface area contributed by atoms with Gasteiger partial charge >= 0.3 is 23.1 Å². The third kappa shape index (κ3) is 6.23. The zero-order valence-electron chi connectivity index (χ0n) is 10.8. The Bertz CT molecular complexity index is 254. The van der Waals surface area contributed by atoms with Gasteiger partial charge < -0.3 is 17.0 Å². The smallest absolute Gasteiger partial charge is 1.00 e. The summed E-state index contributed by atoms with van der Waals surface area (Å²) >= 11 is 0. The van der Waals surface area contributed by atoms with Gasteiger partial charge in [0.25, 0.3) is 0 Å². The maximum Gasteiger partial charge on any atom is 2.00 e. The van der Waals surface area contributed by atoms with Gasteiger partial charge in [0.05, 0.1) is 0 Å². The van der Waals surface area contributed by atoms with Crippen molar-refractivity contribution in [2.75, 3.05) is 0 Å². The zero-order chi connectivity index (χ0) is 10.6. The average molecular weight is 296 g/mol. The Kier molecular flexibility index (Phi) is 11.1. The van der Waals surface area contributed by atoms with Crippen LogP contribution in [0.1, 0.15) is 33.3 Å². The van der Waals surface area contributed by atoms with Gasteiger partial charge in [-0.25, -0.2) is 0 Å². The maximum atomic E-state index is 2.50. The van der Waals surface area contributed by atoms with Crippen LogP contribution in [-0.4, -0.2) is 40.0 Å². The summed E-state index contributed by atoms with van der Waals surface area (Å²) in [5.74, 6) is 0. The van der Waals surface area contributed by atoms with Crippen molar-refractivity contribution in [1.82, 2.24) is 4.90 Å². The number of halogens is 1. The molecule has 0 aromatic heterocycles. The number of hydrogen-bond acceptors (Lipinski definition) is 1. The Morgan fingerprint density at radius 1 is 0.938 bits per heavy atom. The summed E-state index contributed by atoms with van der Waals surface area (Å²) in [5, 5.41) is 0. The van der Waals surface area contributed by atoms with Gasteiger partial charge in [0.15, 0.2) is 0 Å². The molecule has 1 rings (SSSR count). The molecule has 0 atom stereocenters. The van der Waals surface area contributed by atoms with Crippen molar-refractivity contribution in [3.8, 4) is 0 Å². The molecule has 0 bridgehead atoms. The van der Waals surface area contributed by atoms with Gasteiger partial charge in [0.1, 0.15) is 0 Å². The second-order valence-corrected chi connectivity index (χ2v) is 4.35. The molecule has 0 saturated carbocycles. The Morgan fingerprint density at radius 2 is 1.38 bits per heavy atom. The van der Waals surface area contributed by atoms with Gasteiger partial charge in [-0.05, 0) is 33.3 Å². The number of rotatable bonds is 4. The fourth-order valence-corrected chi connectivity index (χ4v) is 1.76. The van der Waals surface area contributed by atoms with Crippen molar-refractivity contribution in [1.29, 1.82) is 0 Å². The predicted molar refractivity (Wildman–Crippen MR) is 68.0 cm³/mol. The van der Waals surface area contributed by atoms with Gasteiger partial charge in [0, 0.05) is 18.6 Å². The summed E-state index contributed by atoms with van der Waals surface area (Å²) in [6.07, 6.45) is 0. The standard InChI is InChI=1S/C13H21N.BrH.Mg/c1-11(2)14(12(3)4)10-13-8-6-5-7-9-13;;/h5-9,11-12H,10H2,1-4H3;1H;/q;;+2/p-1. The van der Waals surface area contributed by atoms with E-state index in [0.717, 1.165) is 6.54 Å². The van der Waals surface area contributed by atoms with Gasteiger partial charge in [-0.3, -0.25) is 4.90 Å². The van der Waals surface area contributed by atoms with Crippen LogP contribution in [0.15, 0.2) is 30.3 Å². The summed E-state index contributed by atoms with van der Waals surface area (Å²) < 4.78 is 0. The summed E-state index contributed by atoms with van der Waals surface area (Å²) in [5.41, 5.74) is 1.40. The predicted octanol–water partition coefficient (Wildman–Crippen LogP) is -0.0714. The van der Waals surface area contributed by atoms with E-state index in [-0.39, 0.29) is 40.0 Å². The van der Waals surface area contributed by atoms with Crippen LogP contribution >= 0.6 is 0 Å². The van der Waals surface area contributed by atoms with E-state index in [1.807, 2.05) is 0 Å². The summed E-state index contributed by atoms with van der Waals surface area (Å²) in [7, 11) is 0. The van der Waals surface area contributed by atoms with Crippen LogP contribution in [0.25, 0.3) is 0 Å². The largest absolute Gasteiger partial charge is 2.00 e. The van der Waals surface area contributed by atoms with Crippen molar-refractivity contribution in [3.63, 3.8) is 0 Å². The normalized spacial score (nSPS) is 10.2. The molecule has 0 spiro atoms. The van der Waals surface area contributed by atoms with Crippen molar-refractivity contribution in [3.05, 3.63) is 35.9 Å². The maximum absolute atomic E-state index is 2.50. The van der Waals surface area contributed by atoms with Crippen LogP contribution in [0.4, 0.5) is 0 Å². The monoisotopic (exact) mass is 294 g/mol. The van der Waals surface area contributed by atoms with Gasteiger partial charge in [-0.1, -0.05) is 30.3 Å². The topological polar surface area (TPSA) is 3.24 Å². The number of nitrogens with zero attached hydrogens (tertiary/aromatic N) is 1. The van der Waals surface area contributed by atoms with Gasteiger partial charge in [0.2, 0.25) is 0 Å². The van der Waals surface area contributed by atoms with E-state index in [1.54, 1.807) is 0 Å². The molecule has 1 nitrogen and oxygen atoms in total. The van der Waals surface area contributed by atoms with E-state index in [2.05, 4.69) is 62.9 Å². The van der Waals surface area contributed by atoms with Crippen LogP contribution in [-0.2, 0) is 6.54 Å². The summed E-state index contributed by atoms with van der Waals surface area (Å²) in [6.45, 7) is 10.1. The van der Waals surface area contributed by atoms with E-state index in [4.69, 9.17) is 0 Å². The number of hydrogen-bond donors (Lipinski definition) is 0. The fourth-order valence-electron chi connectivity index (χ4n) is 1.76. The van der Waals surface area contributed by atoms with Crippen LogP contribution in [0, 0.1) is 0 Å². The quantitative estimate of drug-likeness (QED) is 0.703. The molecule has 0 N–H and O–H groups in total. The second kappa shape index (κ2) is 9.46. The van der Waals surface area contributed by atoms with E-state index in [9.17, 15) is 0 Å². The zero-order valence-corrected chi connectivity index (χ0v) is 13.8. The molecule has 0 heterocycles. The molecule has 0 fully saturated rings. The molecule has 3 heteroatoms.